The molecule has 0 saturated heterocycles. The average molecular weight is 704 g/mol. The lowest BCUT2D eigenvalue weighted by Crippen LogP contribution is -2.15. The fourth-order valence-corrected chi connectivity index (χ4v) is 9.08. The summed E-state index contributed by atoms with van der Waals surface area (Å²) >= 11 is 0. The van der Waals surface area contributed by atoms with Crippen LogP contribution in [0.2, 0.25) is 0 Å². The Morgan fingerprint density at radius 2 is 0.945 bits per heavy atom. The van der Waals surface area contributed by atoms with Crippen LogP contribution in [-0.4, -0.2) is 0 Å². The van der Waals surface area contributed by atoms with E-state index >= 15 is 0 Å². The molecule has 2 heteroatoms. The standard InChI is InChI=1S/C53H37NO/c1-53(2)49-29-28-40(32-47(49)46-30-36-16-9-10-17-37(36)31-50(46)53)54(38-18-7-4-8-19-38)39-26-24-35(25-27-39)41-22-13-23-44-48-33-45(34-14-5-3-6-15-34)42-20-11-12-21-43(42)52(48)55-51(41)44/h3-33H,1-2H3. The molecule has 1 aliphatic carbocycles. The third kappa shape index (κ3) is 4.88. The fraction of sp³-hybridized carbons (Fsp3) is 0.0566. The monoisotopic (exact) mass is 703 g/mol. The predicted octanol–water partition coefficient (Wildman–Crippen LogP) is 15.0. The molecule has 0 fully saturated rings. The maximum atomic E-state index is 6.86. The summed E-state index contributed by atoms with van der Waals surface area (Å²) in [6.07, 6.45) is 0. The minimum Gasteiger partial charge on any atom is -0.455 e. The molecule has 260 valence electrons. The molecule has 0 amide bonds. The smallest absolute Gasteiger partial charge is 0.143 e. The third-order valence-corrected chi connectivity index (χ3v) is 11.8. The molecule has 11 rings (SSSR count). The van der Waals surface area contributed by atoms with Crippen molar-refractivity contribution in [1.29, 1.82) is 0 Å². The van der Waals surface area contributed by atoms with Crippen LogP contribution in [0, 0.1) is 0 Å². The summed E-state index contributed by atoms with van der Waals surface area (Å²) in [5.74, 6) is 0. The van der Waals surface area contributed by atoms with Crippen LogP contribution in [0.3, 0.4) is 0 Å². The summed E-state index contributed by atoms with van der Waals surface area (Å²) in [6, 6.07) is 68.2. The molecule has 0 bridgehead atoms. The number of rotatable bonds is 5. The zero-order valence-electron chi connectivity index (χ0n) is 30.8. The van der Waals surface area contributed by atoms with Gasteiger partial charge in [0.2, 0.25) is 0 Å². The molecule has 10 aromatic rings. The topological polar surface area (TPSA) is 16.4 Å². The molecule has 55 heavy (non-hydrogen) atoms. The molecular formula is C53H37NO. The summed E-state index contributed by atoms with van der Waals surface area (Å²) in [4.78, 5) is 2.37. The van der Waals surface area contributed by atoms with Crippen molar-refractivity contribution in [2.24, 2.45) is 0 Å². The van der Waals surface area contributed by atoms with E-state index in [1.165, 1.54) is 49.5 Å². The molecule has 9 aromatic carbocycles. The number of nitrogens with zero attached hydrogens (tertiary/aromatic N) is 1. The van der Waals surface area contributed by atoms with Crippen LogP contribution in [0.5, 0.6) is 0 Å². The van der Waals surface area contributed by atoms with Gasteiger partial charge in [-0.05, 0) is 110 Å². The Hall–Kier alpha value is -6.90. The quantitative estimate of drug-likeness (QED) is 0.177. The first-order chi connectivity index (χ1) is 27.0. The molecule has 0 aliphatic heterocycles. The highest BCUT2D eigenvalue weighted by molar-refractivity contribution is 6.20. The van der Waals surface area contributed by atoms with Crippen molar-refractivity contribution in [2.75, 3.05) is 4.90 Å². The summed E-state index contributed by atoms with van der Waals surface area (Å²) in [7, 11) is 0. The van der Waals surface area contributed by atoms with Crippen LogP contribution < -0.4 is 4.90 Å². The number of fused-ring (bicyclic) bond motifs is 9. The Kier molecular flexibility index (Phi) is 6.93. The molecule has 0 atom stereocenters. The van der Waals surface area contributed by atoms with Gasteiger partial charge >= 0.3 is 0 Å². The van der Waals surface area contributed by atoms with Crippen molar-refractivity contribution in [3.63, 3.8) is 0 Å². The second kappa shape index (κ2) is 12.1. The molecule has 1 aliphatic rings. The van der Waals surface area contributed by atoms with Crippen LogP contribution in [-0.2, 0) is 5.41 Å². The Labute approximate surface area is 320 Å². The Bertz CT molecular complexity index is 3100. The van der Waals surface area contributed by atoms with Crippen molar-refractivity contribution in [3.05, 3.63) is 199 Å². The molecule has 2 nitrogen and oxygen atoms in total. The van der Waals surface area contributed by atoms with E-state index in [1.807, 2.05) is 0 Å². The van der Waals surface area contributed by atoms with Crippen LogP contribution in [0.25, 0.3) is 76.9 Å². The maximum absolute atomic E-state index is 6.86. The van der Waals surface area contributed by atoms with E-state index in [-0.39, 0.29) is 5.41 Å². The van der Waals surface area contributed by atoms with Crippen LogP contribution in [0.4, 0.5) is 17.1 Å². The van der Waals surface area contributed by atoms with Gasteiger partial charge in [0, 0.05) is 44.2 Å². The molecule has 1 aromatic heterocycles. The van der Waals surface area contributed by atoms with Crippen molar-refractivity contribution >= 4 is 60.5 Å². The molecular weight excluding hydrogens is 667 g/mol. The van der Waals surface area contributed by atoms with Gasteiger partial charge in [-0.2, -0.15) is 0 Å². The largest absolute Gasteiger partial charge is 0.455 e. The van der Waals surface area contributed by atoms with Gasteiger partial charge in [0.15, 0.2) is 0 Å². The first kappa shape index (κ1) is 31.6. The molecule has 1 heterocycles. The number of hydrogen-bond acceptors (Lipinski definition) is 2. The fourth-order valence-electron chi connectivity index (χ4n) is 9.08. The average Bonchev–Trinajstić information content (AvgIpc) is 3.72. The van der Waals surface area contributed by atoms with E-state index in [4.69, 9.17) is 4.42 Å². The SMILES string of the molecule is CC1(C)c2ccc(N(c3ccccc3)c3ccc(-c4cccc5c4oc4c6ccccc6c(-c6ccccc6)cc54)cc3)cc2-c2cc3ccccc3cc21. The van der Waals surface area contributed by atoms with E-state index in [2.05, 4.69) is 207 Å². The molecule has 0 spiro atoms. The first-order valence-corrected chi connectivity index (χ1v) is 19.1. The second-order valence-electron chi connectivity index (χ2n) is 15.3. The van der Waals surface area contributed by atoms with Gasteiger partial charge in [0.05, 0.1) is 0 Å². The summed E-state index contributed by atoms with van der Waals surface area (Å²) in [6.45, 7) is 4.71. The number of hydrogen-bond donors (Lipinski definition) is 0. The lowest BCUT2D eigenvalue weighted by Gasteiger charge is -2.27. The second-order valence-corrected chi connectivity index (χ2v) is 15.3. The Morgan fingerprint density at radius 1 is 0.364 bits per heavy atom. The minimum absolute atomic E-state index is 0.0838. The van der Waals surface area contributed by atoms with Crippen molar-refractivity contribution < 1.29 is 4.42 Å². The van der Waals surface area contributed by atoms with Gasteiger partial charge in [-0.3, -0.25) is 0 Å². The van der Waals surface area contributed by atoms with Gasteiger partial charge < -0.3 is 9.32 Å². The lowest BCUT2D eigenvalue weighted by molar-refractivity contribution is 0.661. The number of anilines is 3. The first-order valence-electron chi connectivity index (χ1n) is 19.1. The van der Waals surface area contributed by atoms with E-state index in [1.54, 1.807) is 0 Å². The molecule has 0 N–H and O–H groups in total. The lowest BCUT2D eigenvalue weighted by atomic mass is 9.82. The van der Waals surface area contributed by atoms with Crippen molar-refractivity contribution in [2.45, 2.75) is 19.3 Å². The zero-order chi connectivity index (χ0) is 36.7. The van der Waals surface area contributed by atoms with Gasteiger partial charge in [0.25, 0.3) is 0 Å². The van der Waals surface area contributed by atoms with Gasteiger partial charge in [0.1, 0.15) is 11.2 Å². The number of para-hydroxylation sites is 2. The molecule has 0 unspecified atom stereocenters. The summed E-state index contributed by atoms with van der Waals surface area (Å²) in [5.41, 5.74) is 15.1. The highest BCUT2D eigenvalue weighted by Crippen LogP contribution is 2.52. The van der Waals surface area contributed by atoms with E-state index in [0.29, 0.717) is 0 Å². The maximum Gasteiger partial charge on any atom is 0.143 e. The van der Waals surface area contributed by atoms with Crippen LogP contribution in [0.1, 0.15) is 25.0 Å². The van der Waals surface area contributed by atoms with E-state index < -0.39 is 0 Å². The van der Waals surface area contributed by atoms with Crippen molar-refractivity contribution in [1.82, 2.24) is 0 Å². The molecule has 0 saturated carbocycles. The summed E-state index contributed by atoms with van der Waals surface area (Å²) in [5, 5.41) is 7.14. The van der Waals surface area contributed by atoms with Gasteiger partial charge in [-0.1, -0.05) is 147 Å². The predicted molar refractivity (Wildman–Crippen MR) is 232 cm³/mol. The van der Waals surface area contributed by atoms with Crippen LogP contribution >= 0.6 is 0 Å². The minimum atomic E-state index is -0.0838. The highest BCUT2D eigenvalue weighted by Gasteiger charge is 2.36. The van der Waals surface area contributed by atoms with Gasteiger partial charge in [-0.15, -0.1) is 0 Å². The van der Waals surface area contributed by atoms with Crippen molar-refractivity contribution in [3.8, 4) is 33.4 Å². The zero-order valence-corrected chi connectivity index (χ0v) is 30.8. The number of furan rings is 1. The van der Waals surface area contributed by atoms with E-state index in [9.17, 15) is 0 Å². The third-order valence-electron chi connectivity index (χ3n) is 11.8. The normalized spacial score (nSPS) is 13.1. The van der Waals surface area contributed by atoms with Gasteiger partial charge in [-0.25, -0.2) is 0 Å². The van der Waals surface area contributed by atoms with Crippen LogP contribution in [0.15, 0.2) is 192 Å². The Morgan fingerprint density at radius 3 is 1.73 bits per heavy atom. The summed E-state index contributed by atoms with van der Waals surface area (Å²) < 4.78 is 6.86. The molecule has 0 radical (unpaired) electrons. The Balaban J connectivity index is 1.03. The number of benzene rings is 9. The highest BCUT2D eigenvalue weighted by atomic mass is 16.3. The van der Waals surface area contributed by atoms with E-state index in [0.717, 1.165) is 55.5 Å².